The van der Waals surface area contributed by atoms with Gasteiger partial charge in [0.05, 0.1) is 18.7 Å². The Labute approximate surface area is 154 Å². The molecular weight excluding hydrogens is 326 g/mol. The van der Waals surface area contributed by atoms with Gasteiger partial charge in [0.15, 0.2) is 0 Å². The van der Waals surface area contributed by atoms with E-state index in [0.717, 1.165) is 29.3 Å². The number of hydrogen-bond acceptors (Lipinski definition) is 3. The van der Waals surface area contributed by atoms with Crippen LogP contribution in [0.4, 0.5) is 0 Å². The van der Waals surface area contributed by atoms with E-state index in [1.54, 1.807) is 0 Å². The molecule has 3 saturated carbocycles. The number of aromatic nitrogens is 1. The van der Waals surface area contributed by atoms with E-state index in [-0.39, 0.29) is 6.42 Å². The van der Waals surface area contributed by atoms with Crippen molar-refractivity contribution in [2.75, 3.05) is 6.61 Å². The minimum atomic E-state index is -0.817. The van der Waals surface area contributed by atoms with E-state index in [2.05, 4.69) is 4.98 Å². The molecule has 1 aromatic heterocycles. The third-order valence-electron chi connectivity index (χ3n) is 6.10. The maximum atomic E-state index is 10.8. The van der Waals surface area contributed by atoms with E-state index >= 15 is 0 Å². The second-order valence-corrected chi connectivity index (χ2v) is 7.90. The van der Waals surface area contributed by atoms with Crippen molar-refractivity contribution < 1.29 is 14.6 Å². The van der Waals surface area contributed by atoms with Crippen molar-refractivity contribution in [1.82, 2.24) is 4.98 Å². The van der Waals surface area contributed by atoms with Gasteiger partial charge in [-0.1, -0.05) is 30.3 Å². The van der Waals surface area contributed by atoms with Gasteiger partial charge >= 0.3 is 5.97 Å². The van der Waals surface area contributed by atoms with Crippen LogP contribution in [-0.2, 0) is 11.2 Å². The molecule has 3 fully saturated rings. The van der Waals surface area contributed by atoms with Crippen molar-refractivity contribution in [3.8, 4) is 17.1 Å². The molecule has 0 aliphatic heterocycles. The van der Waals surface area contributed by atoms with E-state index in [1.807, 2.05) is 42.5 Å². The van der Waals surface area contributed by atoms with E-state index in [0.29, 0.717) is 11.3 Å². The fraction of sp³-hybridized carbons (Fsp3) is 0.455. The summed E-state index contributed by atoms with van der Waals surface area (Å²) in [6, 6.07) is 13.4. The minimum Gasteiger partial charge on any atom is -0.481 e. The zero-order valence-corrected chi connectivity index (χ0v) is 15.0. The summed E-state index contributed by atoms with van der Waals surface area (Å²) in [5, 5.41) is 8.87. The van der Waals surface area contributed by atoms with Crippen molar-refractivity contribution in [2.45, 2.75) is 44.9 Å². The summed E-state index contributed by atoms with van der Waals surface area (Å²) in [7, 11) is 0. The van der Waals surface area contributed by atoms with Crippen LogP contribution in [0.1, 0.15) is 44.1 Å². The van der Waals surface area contributed by atoms with Crippen LogP contribution in [0, 0.1) is 11.3 Å². The second kappa shape index (κ2) is 7.10. The van der Waals surface area contributed by atoms with Crippen LogP contribution in [0.25, 0.3) is 11.3 Å². The molecule has 0 unspecified atom stereocenters. The number of nitrogens with zero attached hydrogens (tertiary/aromatic N) is 1. The largest absolute Gasteiger partial charge is 0.481 e. The minimum absolute atomic E-state index is 0.0415. The summed E-state index contributed by atoms with van der Waals surface area (Å²) in [6.45, 7) is 0.772. The number of pyridine rings is 1. The smallest absolute Gasteiger partial charge is 0.307 e. The van der Waals surface area contributed by atoms with Gasteiger partial charge < -0.3 is 9.84 Å². The van der Waals surface area contributed by atoms with Gasteiger partial charge in [-0.3, -0.25) is 4.79 Å². The Balaban J connectivity index is 1.44. The molecule has 0 spiro atoms. The predicted octanol–water partition coefficient (Wildman–Crippen LogP) is 4.72. The predicted molar refractivity (Wildman–Crippen MR) is 100 cm³/mol. The molecule has 2 aromatic rings. The molecule has 1 N–H and O–H groups in total. The van der Waals surface area contributed by atoms with Crippen molar-refractivity contribution in [3.63, 3.8) is 0 Å². The quantitative estimate of drug-likeness (QED) is 0.818. The molecule has 26 heavy (non-hydrogen) atoms. The topological polar surface area (TPSA) is 59.4 Å². The van der Waals surface area contributed by atoms with Gasteiger partial charge in [0.2, 0.25) is 5.88 Å². The summed E-state index contributed by atoms with van der Waals surface area (Å²) in [5.41, 5.74) is 2.99. The molecule has 0 radical (unpaired) electrons. The molecule has 136 valence electrons. The van der Waals surface area contributed by atoms with Gasteiger partial charge in [-0.05, 0) is 56.1 Å². The monoisotopic (exact) mass is 351 g/mol. The maximum absolute atomic E-state index is 10.8. The highest BCUT2D eigenvalue weighted by Crippen LogP contribution is 2.50. The average molecular weight is 351 g/mol. The highest BCUT2D eigenvalue weighted by molar-refractivity contribution is 5.70. The highest BCUT2D eigenvalue weighted by atomic mass is 16.5. The van der Waals surface area contributed by atoms with Crippen LogP contribution in [0.5, 0.6) is 5.88 Å². The molecule has 1 heterocycles. The molecule has 4 nitrogen and oxygen atoms in total. The van der Waals surface area contributed by atoms with E-state index in [4.69, 9.17) is 9.84 Å². The maximum Gasteiger partial charge on any atom is 0.307 e. The average Bonchev–Trinajstić information content (AvgIpc) is 2.68. The summed E-state index contributed by atoms with van der Waals surface area (Å²) in [6.07, 6.45) is 8.01. The third kappa shape index (κ3) is 3.74. The van der Waals surface area contributed by atoms with Crippen LogP contribution >= 0.6 is 0 Å². The number of benzene rings is 1. The molecule has 0 amide bonds. The van der Waals surface area contributed by atoms with E-state index < -0.39 is 5.97 Å². The van der Waals surface area contributed by atoms with E-state index in [9.17, 15) is 4.79 Å². The van der Waals surface area contributed by atoms with Crippen molar-refractivity contribution in [1.29, 1.82) is 0 Å². The Morgan fingerprint density at radius 3 is 2.42 bits per heavy atom. The number of carboxylic acid groups (broad SMARTS) is 1. The molecule has 4 heteroatoms. The van der Waals surface area contributed by atoms with Crippen LogP contribution in [0.3, 0.4) is 0 Å². The SMILES string of the molecule is O=C(O)Cc1ccc(-c2cccc(OCC34CCC(CC3)CC4)n2)cc1. The molecule has 5 rings (SSSR count). The normalized spacial score (nSPS) is 24.4. The Morgan fingerprint density at radius 2 is 1.77 bits per heavy atom. The first-order valence-corrected chi connectivity index (χ1v) is 9.53. The number of fused-ring (bicyclic) bond motifs is 3. The van der Waals surface area contributed by atoms with Crippen LogP contribution in [0.15, 0.2) is 42.5 Å². The molecule has 0 saturated heterocycles. The Hall–Kier alpha value is -2.36. The van der Waals surface area contributed by atoms with Crippen molar-refractivity contribution in [3.05, 3.63) is 48.0 Å². The number of carboxylic acids is 1. The van der Waals surface area contributed by atoms with Crippen LogP contribution in [-0.4, -0.2) is 22.7 Å². The van der Waals surface area contributed by atoms with Gasteiger partial charge in [-0.2, -0.15) is 0 Å². The molecule has 0 atom stereocenters. The van der Waals surface area contributed by atoms with Gasteiger partial charge in [-0.15, -0.1) is 0 Å². The molecule has 3 aliphatic rings. The zero-order chi connectivity index (χ0) is 18.0. The number of carbonyl (C=O) groups is 1. The first-order chi connectivity index (χ1) is 12.6. The third-order valence-corrected chi connectivity index (χ3v) is 6.10. The van der Waals surface area contributed by atoms with Gasteiger partial charge in [0.1, 0.15) is 0 Å². The van der Waals surface area contributed by atoms with Crippen molar-refractivity contribution in [2.24, 2.45) is 11.3 Å². The number of hydrogen-bond donors (Lipinski definition) is 1. The lowest BCUT2D eigenvalue weighted by molar-refractivity contribution is -0.136. The lowest BCUT2D eigenvalue weighted by Crippen LogP contribution is -2.38. The first kappa shape index (κ1) is 17.1. The molecule has 1 aromatic carbocycles. The first-order valence-electron chi connectivity index (χ1n) is 9.53. The second-order valence-electron chi connectivity index (χ2n) is 7.90. The fourth-order valence-electron chi connectivity index (χ4n) is 4.41. The summed E-state index contributed by atoms with van der Waals surface area (Å²) >= 11 is 0. The van der Waals surface area contributed by atoms with Gasteiger partial charge in [0, 0.05) is 17.0 Å². The lowest BCUT2D eigenvalue weighted by atomic mass is 9.61. The van der Waals surface area contributed by atoms with Gasteiger partial charge in [-0.25, -0.2) is 4.98 Å². The van der Waals surface area contributed by atoms with E-state index in [1.165, 1.54) is 38.5 Å². The Kier molecular flexibility index (Phi) is 4.66. The number of aliphatic carboxylic acids is 1. The molecule has 3 aliphatic carbocycles. The van der Waals surface area contributed by atoms with Crippen LogP contribution in [0.2, 0.25) is 0 Å². The zero-order valence-electron chi connectivity index (χ0n) is 15.0. The van der Waals surface area contributed by atoms with Crippen LogP contribution < -0.4 is 4.74 Å². The highest BCUT2D eigenvalue weighted by Gasteiger charge is 2.40. The standard InChI is InChI=1S/C22H25NO3/c24-21(25)14-17-4-6-18(7-5-17)19-2-1-3-20(23-19)26-15-22-11-8-16(9-12-22)10-13-22/h1-7,16H,8-15H2,(H,24,25). The molecule has 2 bridgehead atoms. The summed E-state index contributed by atoms with van der Waals surface area (Å²) in [4.78, 5) is 15.5. The summed E-state index contributed by atoms with van der Waals surface area (Å²) in [5.74, 6) is 0.823. The van der Waals surface area contributed by atoms with Crippen molar-refractivity contribution >= 4 is 5.97 Å². The fourth-order valence-corrected chi connectivity index (χ4v) is 4.41. The molecular formula is C22H25NO3. The summed E-state index contributed by atoms with van der Waals surface area (Å²) < 4.78 is 6.11. The number of rotatable bonds is 6. The lowest BCUT2D eigenvalue weighted by Gasteiger charge is -2.46. The number of ether oxygens (including phenoxy) is 1. The Morgan fingerprint density at radius 1 is 1.08 bits per heavy atom. The Bertz CT molecular complexity index is 762. The van der Waals surface area contributed by atoms with Gasteiger partial charge in [0.25, 0.3) is 0 Å².